The summed E-state index contributed by atoms with van der Waals surface area (Å²) in [6.45, 7) is 0.582. The van der Waals surface area contributed by atoms with E-state index in [0.717, 1.165) is 5.56 Å². The van der Waals surface area contributed by atoms with E-state index in [-0.39, 0.29) is 6.10 Å². The van der Waals surface area contributed by atoms with Crippen molar-refractivity contribution in [2.45, 2.75) is 6.10 Å². The van der Waals surface area contributed by atoms with Gasteiger partial charge in [0.2, 0.25) is 0 Å². The number of hydrogen-bond acceptors (Lipinski definition) is 1. The lowest BCUT2D eigenvalue weighted by Gasteiger charge is -2.10. The molecule has 0 fully saturated rings. The molecule has 2 heteroatoms. The summed E-state index contributed by atoms with van der Waals surface area (Å²) in [6, 6.07) is 9.12. The van der Waals surface area contributed by atoms with Gasteiger partial charge in [0, 0.05) is 5.88 Å². The van der Waals surface area contributed by atoms with Gasteiger partial charge in [-0.05, 0) is 17.2 Å². The van der Waals surface area contributed by atoms with Crippen LogP contribution in [0.5, 0.6) is 0 Å². The Labute approximate surface area is 83.0 Å². The van der Waals surface area contributed by atoms with E-state index in [1.165, 1.54) is 5.56 Å². The molecule has 0 saturated heterocycles. The summed E-state index contributed by atoms with van der Waals surface area (Å²) in [5.41, 5.74) is 2.31. The van der Waals surface area contributed by atoms with Crippen LogP contribution in [0.25, 0.3) is 6.08 Å². The minimum absolute atomic E-state index is 0.0509. The van der Waals surface area contributed by atoms with Crippen LogP contribution in [-0.4, -0.2) is 12.5 Å². The fourth-order valence-electron chi connectivity index (χ4n) is 1.45. The first-order valence-corrected chi connectivity index (χ1v) is 4.81. The summed E-state index contributed by atoms with van der Waals surface area (Å²) >= 11 is 5.55. The maximum Gasteiger partial charge on any atom is 0.102 e. The Hall–Kier alpha value is -0.790. The standard InChI is InChI=1S/C11H10ClO/c12-7-8-13-11-6-5-9-3-1-2-4-10(9)11/h1-3,5-6,11H,7-8H2. The van der Waals surface area contributed by atoms with Crippen LogP contribution in [0.1, 0.15) is 17.2 Å². The van der Waals surface area contributed by atoms with E-state index in [0.29, 0.717) is 12.5 Å². The van der Waals surface area contributed by atoms with Gasteiger partial charge < -0.3 is 4.74 Å². The number of benzene rings is 1. The molecule has 1 aliphatic rings. The zero-order chi connectivity index (χ0) is 9.10. The molecular weight excluding hydrogens is 184 g/mol. The predicted molar refractivity (Wildman–Crippen MR) is 53.7 cm³/mol. The Kier molecular flexibility index (Phi) is 2.67. The Morgan fingerprint density at radius 3 is 3.31 bits per heavy atom. The lowest BCUT2D eigenvalue weighted by atomic mass is 10.1. The molecule has 0 aliphatic heterocycles. The van der Waals surface area contributed by atoms with Gasteiger partial charge in [0.25, 0.3) is 0 Å². The van der Waals surface area contributed by atoms with Crippen LogP contribution in [-0.2, 0) is 4.74 Å². The minimum atomic E-state index is 0.0509. The normalized spacial score (nSPS) is 19.0. The molecule has 0 N–H and O–H groups in total. The highest BCUT2D eigenvalue weighted by Crippen LogP contribution is 2.29. The highest BCUT2D eigenvalue weighted by Gasteiger charge is 2.16. The van der Waals surface area contributed by atoms with Gasteiger partial charge in [-0.3, -0.25) is 0 Å². The molecule has 2 rings (SSSR count). The van der Waals surface area contributed by atoms with Gasteiger partial charge in [0.05, 0.1) is 6.61 Å². The Balaban J connectivity index is 2.14. The summed E-state index contributed by atoms with van der Waals surface area (Å²) in [7, 11) is 0. The van der Waals surface area contributed by atoms with Crippen LogP contribution in [0.4, 0.5) is 0 Å². The van der Waals surface area contributed by atoms with Crippen molar-refractivity contribution in [3.8, 4) is 0 Å². The number of rotatable bonds is 3. The molecule has 0 bridgehead atoms. The fraction of sp³-hybridized carbons (Fsp3) is 0.273. The molecule has 1 aliphatic carbocycles. The zero-order valence-corrected chi connectivity index (χ0v) is 7.92. The van der Waals surface area contributed by atoms with E-state index in [1.807, 2.05) is 18.2 Å². The molecule has 1 aromatic rings. The molecule has 1 unspecified atom stereocenters. The summed E-state index contributed by atoms with van der Waals surface area (Å²) in [6.07, 6.45) is 4.15. The Bertz CT molecular complexity index is 320. The molecule has 1 aromatic carbocycles. The van der Waals surface area contributed by atoms with Crippen LogP contribution in [0.2, 0.25) is 0 Å². The third kappa shape index (κ3) is 1.77. The molecule has 0 aromatic heterocycles. The van der Waals surface area contributed by atoms with Crippen LogP contribution >= 0.6 is 11.6 Å². The van der Waals surface area contributed by atoms with Gasteiger partial charge in [0.15, 0.2) is 0 Å². The second kappa shape index (κ2) is 3.95. The maximum atomic E-state index is 5.55. The van der Waals surface area contributed by atoms with Gasteiger partial charge in [-0.25, -0.2) is 0 Å². The highest BCUT2D eigenvalue weighted by atomic mass is 35.5. The first-order chi connectivity index (χ1) is 6.42. The molecule has 0 saturated carbocycles. The number of hydrogen-bond donors (Lipinski definition) is 0. The molecular formula is C11H10ClO. The average Bonchev–Trinajstić information content (AvgIpc) is 2.58. The van der Waals surface area contributed by atoms with E-state index in [4.69, 9.17) is 16.3 Å². The van der Waals surface area contributed by atoms with Crippen LogP contribution in [0, 0.1) is 6.07 Å². The van der Waals surface area contributed by atoms with Crippen molar-refractivity contribution in [3.63, 3.8) is 0 Å². The van der Waals surface area contributed by atoms with Crippen molar-refractivity contribution in [3.05, 3.63) is 41.5 Å². The van der Waals surface area contributed by atoms with E-state index in [2.05, 4.69) is 18.2 Å². The molecule has 67 valence electrons. The number of ether oxygens (including phenoxy) is 1. The largest absolute Gasteiger partial charge is 0.368 e. The lowest BCUT2D eigenvalue weighted by molar-refractivity contribution is 0.100. The molecule has 0 amide bonds. The van der Waals surface area contributed by atoms with Crippen molar-refractivity contribution < 1.29 is 4.74 Å². The lowest BCUT2D eigenvalue weighted by Crippen LogP contribution is -2.02. The van der Waals surface area contributed by atoms with E-state index in [9.17, 15) is 0 Å². The molecule has 1 nitrogen and oxygen atoms in total. The number of halogens is 1. The first-order valence-electron chi connectivity index (χ1n) is 4.28. The summed E-state index contributed by atoms with van der Waals surface area (Å²) in [5, 5.41) is 0. The van der Waals surface area contributed by atoms with Crippen LogP contribution < -0.4 is 0 Å². The van der Waals surface area contributed by atoms with Crippen LogP contribution in [0.15, 0.2) is 24.3 Å². The second-order valence-electron chi connectivity index (χ2n) is 2.88. The van der Waals surface area contributed by atoms with Gasteiger partial charge in [-0.15, -0.1) is 11.6 Å². The molecule has 0 heterocycles. The van der Waals surface area contributed by atoms with Crippen molar-refractivity contribution in [2.75, 3.05) is 12.5 Å². The van der Waals surface area contributed by atoms with Crippen LogP contribution in [0.3, 0.4) is 0 Å². The summed E-state index contributed by atoms with van der Waals surface area (Å²) in [5.74, 6) is 0.534. The van der Waals surface area contributed by atoms with Crippen molar-refractivity contribution in [2.24, 2.45) is 0 Å². The topological polar surface area (TPSA) is 9.23 Å². The van der Waals surface area contributed by atoms with Crippen molar-refractivity contribution >= 4 is 17.7 Å². The molecule has 1 radical (unpaired) electrons. The van der Waals surface area contributed by atoms with Gasteiger partial charge in [0.1, 0.15) is 6.10 Å². The molecule has 0 spiro atoms. The average molecular weight is 194 g/mol. The van der Waals surface area contributed by atoms with Gasteiger partial charge in [-0.2, -0.15) is 0 Å². The minimum Gasteiger partial charge on any atom is -0.368 e. The number of fused-ring (bicyclic) bond motifs is 1. The smallest absolute Gasteiger partial charge is 0.102 e. The Morgan fingerprint density at radius 1 is 1.54 bits per heavy atom. The monoisotopic (exact) mass is 193 g/mol. The number of alkyl halides is 1. The fourth-order valence-corrected chi connectivity index (χ4v) is 1.54. The SMILES string of the molecule is ClCCOC1C=Cc2ccc[c]c21. The van der Waals surface area contributed by atoms with E-state index < -0.39 is 0 Å². The predicted octanol–water partition coefficient (Wildman–Crippen LogP) is 2.81. The highest BCUT2D eigenvalue weighted by molar-refractivity contribution is 6.17. The van der Waals surface area contributed by atoms with Crippen molar-refractivity contribution in [1.29, 1.82) is 0 Å². The Morgan fingerprint density at radius 2 is 2.46 bits per heavy atom. The molecule has 13 heavy (non-hydrogen) atoms. The first kappa shape index (κ1) is 8.79. The summed E-state index contributed by atoms with van der Waals surface area (Å²) < 4.78 is 5.53. The van der Waals surface area contributed by atoms with E-state index in [1.54, 1.807) is 0 Å². The van der Waals surface area contributed by atoms with E-state index >= 15 is 0 Å². The van der Waals surface area contributed by atoms with Gasteiger partial charge in [-0.1, -0.05) is 30.4 Å². The zero-order valence-electron chi connectivity index (χ0n) is 7.16. The third-order valence-electron chi connectivity index (χ3n) is 2.03. The quantitative estimate of drug-likeness (QED) is 0.671. The van der Waals surface area contributed by atoms with Crippen molar-refractivity contribution in [1.82, 2.24) is 0 Å². The third-order valence-corrected chi connectivity index (χ3v) is 2.19. The maximum absolute atomic E-state index is 5.55. The summed E-state index contributed by atoms with van der Waals surface area (Å²) in [4.78, 5) is 0. The second-order valence-corrected chi connectivity index (χ2v) is 3.26. The molecule has 1 atom stereocenters. The van der Waals surface area contributed by atoms with Gasteiger partial charge >= 0.3 is 0 Å².